The third-order valence-corrected chi connectivity index (χ3v) is 2.90. The second kappa shape index (κ2) is 7.53. The van der Waals surface area contributed by atoms with Crippen LogP contribution < -0.4 is 11.1 Å². The van der Waals surface area contributed by atoms with Gasteiger partial charge in [-0.25, -0.2) is 4.79 Å². The van der Waals surface area contributed by atoms with E-state index in [1.807, 2.05) is 13.0 Å². The van der Waals surface area contributed by atoms with Gasteiger partial charge in [0.1, 0.15) is 12.1 Å². The number of amides is 1. The average molecular weight is 264 g/mol. The van der Waals surface area contributed by atoms with Crippen molar-refractivity contribution < 1.29 is 14.7 Å². The first kappa shape index (κ1) is 15.2. The summed E-state index contributed by atoms with van der Waals surface area (Å²) in [5.41, 5.74) is 6.48. The Morgan fingerprint density at radius 1 is 1.32 bits per heavy atom. The Labute approximate surface area is 112 Å². The van der Waals surface area contributed by atoms with Crippen molar-refractivity contribution in [3.05, 3.63) is 35.9 Å². The fraction of sp³-hybridized carbons (Fsp3) is 0.429. The minimum atomic E-state index is -1.03. The quantitative estimate of drug-likeness (QED) is 0.695. The van der Waals surface area contributed by atoms with Gasteiger partial charge in [-0.05, 0) is 12.0 Å². The van der Waals surface area contributed by atoms with Crippen molar-refractivity contribution in [2.24, 2.45) is 5.73 Å². The number of benzene rings is 1. The summed E-state index contributed by atoms with van der Waals surface area (Å²) in [4.78, 5) is 23.0. The molecule has 19 heavy (non-hydrogen) atoms. The van der Waals surface area contributed by atoms with Crippen LogP contribution >= 0.6 is 0 Å². The van der Waals surface area contributed by atoms with Crippen molar-refractivity contribution in [2.45, 2.75) is 38.3 Å². The maximum atomic E-state index is 11.9. The first-order valence-corrected chi connectivity index (χ1v) is 6.40. The minimum Gasteiger partial charge on any atom is -0.480 e. The highest BCUT2D eigenvalue weighted by atomic mass is 16.4. The Morgan fingerprint density at radius 3 is 2.47 bits per heavy atom. The van der Waals surface area contributed by atoms with E-state index in [9.17, 15) is 9.59 Å². The number of carboxylic acid groups (broad SMARTS) is 1. The predicted octanol–water partition coefficient (Wildman–Crippen LogP) is 1.45. The van der Waals surface area contributed by atoms with E-state index in [0.29, 0.717) is 12.0 Å². The van der Waals surface area contributed by atoms with E-state index in [1.54, 1.807) is 24.3 Å². The standard InChI is InChI=1S/C14H20N2O3/c1-2-3-9-11(14(18)19)16-13(17)12(15)10-7-5-4-6-8-10/h4-8,11-12H,2-3,9,15H2,1H3,(H,16,17)(H,18,19)/t11-,12?/m0/s1. The molecule has 1 unspecified atom stereocenters. The maximum Gasteiger partial charge on any atom is 0.326 e. The molecule has 0 saturated heterocycles. The van der Waals surface area contributed by atoms with Crippen LogP contribution in [0, 0.1) is 0 Å². The molecule has 2 atom stereocenters. The molecule has 0 aliphatic heterocycles. The lowest BCUT2D eigenvalue weighted by atomic mass is 10.1. The molecule has 0 spiro atoms. The van der Waals surface area contributed by atoms with Gasteiger partial charge in [0.25, 0.3) is 0 Å². The number of unbranched alkanes of at least 4 members (excludes halogenated alkanes) is 1. The van der Waals surface area contributed by atoms with Crippen molar-refractivity contribution in [2.75, 3.05) is 0 Å². The average Bonchev–Trinajstić information content (AvgIpc) is 2.43. The number of aliphatic carboxylic acids is 1. The molecule has 0 bridgehead atoms. The lowest BCUT2D eigenvalue weighted by Gasteiger charge is -2.17. The minimum absolute atomic E-state index is 0.416. The van der Waals surface area contributed by atoms with Crippen LogP contribution in [0.3, 0.4) is 0 Å². The predicted molar refractivity (Wildman–Crippen MR) is 72.5 cm³/mol. The van der Waals surface area contributed by atoms with Crippen molar-refractivity contribution in [3.63, 3.8) is 0 Å². The largest absolute Gasteiger partial charge is 0.480 e. The zero-order valence-corrected chi connectivity index (χ0v) is 11.0. The number of carbonyl (C=O) groups is 2. The summed E-state index contributed by atoms with van der Waals surface area (Å²) in [6, 6.07) is 7.17. The summed E-state index contributed by atoms with van der Waals surface area (Å²) in [6.07, 6.45) is 2.04. The fourth-order valence-corrected chi connectivity index (χ4v) is 1.74. The molecule has 0 radical (unpaired) electrons. The Morgan fingerprint density at radius 2 is 1.95 bits per heavy atom. The first-order valence-electron chi connectivity index (χ1n) is 6.40. The smallest absolute Gasteiger partial charge is 0.326 e. The molecule has 0 fully saturated rings. The number of hydrogen-bond donors (Lipinski definition) is 3. The highest BCUT2D eigenvalue weighted by molar-refractivity contribution is 5.87. The molecular formula is C14H20N2O3. The van der Waals surface area contributed by atoms with E-state index in [4.69, 9.17) is 10.8 Å². The van der Waals surface area contributed by atoms with Gasteiger partial charge in [-0.1, -0.05) is 50.1 Å². The van der Waals surface area contributed by atoms with Crippen LogP contribution in [0.15, 0.2) is 30.3 Å². The van der Waals surface area contributed by atoms with Gasteiger partial charge in [0.05, 0.1) is 0 Å². The monoisotopic (exact) mass is 264 g/mol. The lowest BCUT2D eigenvalue weighted by molar-refractivity contribution is -0.142. The molecule has 0 aliphatic rings. The molecule has 0 heterocycles. The van der Waals surface area contributed by atoms with Gasteiger partial charge in [-0.3, -0.25) is 4.79 Å². The van der Waals surface area contributed by atoms with E-state index in [0.717, 1.165) is 12.8 Å². The summed E-state index contributed by atoms with van der Waals surface area (Å²) in [5, 5.41) is 11.5. The molecule has 1 aromatic carbocycles. The van der Waals surface area contributed by atoms with E-state index >= 15 is 0 Å². The summed E-state index contributed by atoms with van der Waals surface area (Å²) >= 11 is 0. The Hall–Kier alpha value is -1.88. The Kier molecular flexibility index (Phi) is 6.02. The Balaban J connectivity index is 2.64. The molecule has 1 rings (SSSR count). The molecule has 5 nitrogen and oxygen atoms in total. The van der Waals surface area contributed by atoms with Crippen molar-refractivity contribution in [3.8, 4) is 0 Å². The highest BCUT2D eigenvalue weighted by Crippen LogP contribution is 2.10. The van der Waals surface area contributed by atoms with Crippen LogP contribution in [0.4, 0.5) is 0 Å². The van der Waals surface area contributed by atoms with Crippen molar-refractivity contribution in [1.29, 1.82) is 0 Å². The SMILES string of the molecule is CCCC[C@H](NC(=O)C(N)c1ccccc1)C(=O)O. The molecule has 1 amide bonds. The second-order valence-electron chi connectivity index (χ2n) is 4.43. The van der Waals surface area contributed by atoms with Crippen LogP contribution in [0.2, 0.25) is 0 Å². The van der Waals surface area contributed by atoms with Crippen LogP contribution in [-0.4, -0.2) is 23.0 Å². The zero-order chi connectivity index (χ0) is 14.3. The lowest BCUT2D eigenvalue weighted by Crippen LogP contribution is -2.44. The number of rotatable bonds is 7. The normalized spacial score (nSPS) is 13.6. The molecular weight excluding hydrogens is 244 g/mol. The maximum absolute atomic E-state index is 11.9. The topological polar surface area (TPSA) is 92.4 Å². The van der Waals surface area contributed by atoms with Gasteiger partial charge < -0.3 is 16.2 Å². The van der Waals surface area contributed by atoms with E-state index in [2.05, 4.69) is 5.32 Å². The summed E-state index contributed by atoms with van der Waals surface area (Å²) < 4.78 is 0. The van der Waals surface area contributed by atoms with E-state index < -0.39 is 24.0 Å². The number of nitrogens with two attached hydrogens (primary N) is 1. The molecule has 5 heteroatoms. The molecule has 0 saturated carbocycles. The summed E-state index contributed by atoms with van der Waals surface area (Å²) in [7, 11) is 0. The number of carbonyl (C=O) groups excluding carboxylic acids is 1. The summed E-state index contributed by atoms with van der Waals surface area (Å²) in [6.45, 7) is 1.97. The van der Waals surface area contributed by atoms with E-state index in [-0.39, 0.29) is 0 Å². The molecule has 4 N–H and O–H groups in total. The van der Waals surface area contributed by atoms with Gasteiger partial charge >= 0.3 is 5.97 Å². The molecule has 104 valence electrons. The van der Waals surface area contributed by atoms with Crippen molar-refractivity contribution >= 4 is 11.9 Å². The van der Waals surface area contributed by atoms with Gasteiger partial charge in [0.2, 0.25) is 5.91 Å². The third-order valence-electron chi connectivity index (χ3n) is 2.90. The second-order valence-corrected chi connectivity index (χ2v) is 4.43. The highest BCUT2D eigenvalue weighted by Gasteiger charge is 2.23. The van der Waals surface area contributed by atoms with Gasteiger partial charge in [-0.15, -0.1) is 0 Å². The van der Waals surface area contributed by atoms with Crippen LogP contribution in [0.25, 0.3) is 0 Å². The van der Waals surface area contributed by atoms with Crippen molar-refractivity contribution in [1.82, 2.24) is 5.32 Å². The molecule has 0 aliphatic carbocycles. The Bertz CT molecular complexity index is 420. The number of nitrogens with one attached hydrogen (secondary N) is 1. The number of hydrogen-bond acceptors (Lipinski definition) is 3. The number of carboxylic acids is 1. The van der Waals surface area contributed by atoms with Crippen LogP contribution in [0.1, 0.15) is 37.8 Å². The first-order chi connectivity index (χ1) is 9.06. The third kappa shape index (κ3) is 4.71. The van der Waals surface area contributed by atoms with E-state index in [1.165, 1.54) is 0 Å². The van der Waals surface area contributed by atoms with Crippen LogP contribution in [0.5, 0.6) is 0 Å². The van der Waals surface area contributed by atoms with Crippen LogP contribution in [-0.2, 0) is 9.59 Å². The molecule has 0 aromatic heterocycles. The zero-order valence-electron chi connectivity index (χ0n) is 11.0. The summed E-state index contributed by atoms with van der Waals surface area (Å²) in [5.74, 6) is -1.49. The van der Waals surface area contributed by atoms with Gasteiger partial charge in [-0.2, -0.15) is 0 Å². The molecule has 1 aromatic rings. The van der Waals surface area contributed by atoms with Gasteiger partial charge in [0, 0.05) is 0 Å². The van der Waals surface area contributed by atoms with Gasteiger partial charge in [0.15, 0.2) is 0 Å². The fourth-order valence-electron chi connectivity index (χ4n) is 1.74.